The maximum absolute atomic E-state index is 5.85. The van der Waals surface area contributed by atoms with Gasteiger partial charge in [0, 0.05) is 12.4 Å². The first-order chi connectivity index (χ1) is 10.3. The number of aliphatic imine (C=N–C) groups is 1. The molecular weight excluding hydrogens is 288 g/mol. The van der Waals surface area contributed by atoms with Crippen LogP contribution in [0.2, 0.25) is 0 Å². The van der Waals surface area contributed by atoms with E-state index in [0.717, 1.165) is 36.7 Å². The number of nitrogens with zero attached hydrogens (tertiary/aromatic N) is 1. The quantitative estimate of drug-likeness (QED) is 0.475. The Morgan fingerprint density at radius 1 is 1.38 bits per heavy atom. The highest BCUT2D eigenvalue weighted by atomic mass is 32.2. The van der Waals surface area contributed by atoms with Crippen molar-refractivity contribution in [2.45, 2.75) is 18.9 Å². The van der Waals surface area contributed by atoms with E-state index in [9.17, 15) is 0 Å². The maximum Gasteiger partial charge on any atom is 0.154 e. The predicted octanol–water partition coefficient (Wildman–Crippen LogP) is 2.30. The molecule has 0 aliphatic carbocycles. The van der Waals surface area contributed by atoms with E-state index in [1.54, 1.807) is 7.11 Å². The molecule has 1 fully saturated rings. The van der Waals surface area contributed by atoms with Gasteiger partial charge >= 0.3 is 0 Å². The lowest BCUT2D eigenvalue weighted by Crippen LogP contribution is -2.15. The van der Waals surface area contributed by atoms with Gasteiger partial charge in [0.05, 0.1) is 26.4 Å². The number of thioether (sulfide) groups is 1. The fourth-order valence-electron chi connectivity index (χ4n) is 2.00. The molecule has 0 unspecified atom stereocenters. The zero-order valence-electron chi connectivity index (χ0n) is 12.3. The van der Waals surface area contributed by atoms with Gasteiger partial charge in [-0.25, -0.2) is 0 Å². The van der Waals surface area contributed by atoms with Crippen LogP contribution in [0.25, 0.3) is 0 Å². The molecular formula is C15H22N2O3S. The number of hydrogen-bond acceptors (Lipinski definition) is 5. The fourth-order valence-corrected chi connectivity index (χ4v) is 2.55. The van der Waals surface area contributed by atoms with Gasteiger partial charge in [0.1, 0.15) is 11.5 Å². The molecule has 0 spiro atoms. The van der Waals surface area contributed by atoms with Gasteiger partial charge in [0.15, 0.2) is 5.17 Å². The van der Waals surface area contributed by atoms with E-state index in [4.69, 9.17) is 19.9 Å². The highest BCUT2D eigenvalue weighted by Crippen LogP contribution is 2.17. The van der Waals surface area contributed by atoms with Gasteiger partial charge in [0.25, 0.3) is 0 Å². The summed E-state index contributed by atoms with van der Waals surface area (Å²) in [5, 5.41) is 0.601. The van der Waals surface area contributed by atoms with Crippen molar-refractivity contribution in [2.24, 2.45) is 10.7 Å². The van der Waals surface area contributed by atoms with Gasteiger partial charge < -0.3 is 19.9 Å². The maximum atomic E-state index is 5.85. The third-order valence-corrected chi connectivity index (χ3v) is 3.93. The summed E-state index contributed by atoms with van der Waals surface area (Å²) in [6, 6.07) is 7.52. The molecule has 5 nitrogen and oxygen atoms in total. The average Bonchev–Trinajstić information content (AvgIpc) is 3.03. The van der Waals surface area contributed by atoms with Crippen LogP contribution in [0, 0.1) is 0 Å². The highest BCUT2D eigenvalue weighted by molar-refractivity contribution is 8.13. The number of amidine groups is 1. The van der Waals surface area contributed by atoms with Crippen molar-refractivity contribution in [3.8, 4) is 11.5 Å². The third kappa shape index (κ3) is 5.85. The number of methoxy groups -OCH3 is 1. The lowest BCUT2D eigenvalue weighted by molar-refractivity contribution is 0.118. The molecule has 0 amide bonds. The van der Waals surface area contributed by atoms with Gasteiger partial charge in [-0.1, -0.05) is 11.8 Å². The minimum atomic E-state index is 0.250. The van der Waals surface area contributed by atoms with Crippen LogP contribution < -0.4 is 15.2 Å². The summed E-state index contributed by atoms with van der Waals surface area (Å²) in [6.45, 7) is 2.11. The van der Waals surface area contributed by atoms with E-state index >= 15 is 0 Å². The monoisotopic (exact) mass is 310 g/mol. The second-order valence-corrected chi connectivity index (χ2v) is 5.80. The summed E-state index contributed by atoms with van der Waals surface area (Å²) in [7, 11) is 1.64. The smallest absolute Gasteiger partial charge is 0.154 e. The van der Waals surface area contributed by atoms with Crippen molar-refractivity contribution in [1.29, 1.82) is 0 Å². The Morgan fingerprint density at radius 2 is 2.14 bits per heavy atom. The van der Waals surface area contributed by atoms with Crippen molar-refractivity contribution < 1.29 is 14.2 Å². The summed E-state index contributed by atoms with van der Waals surface area (Å²) in [6.07, 6.45) is 2.46. The Morgan fingerprint density at radius 3 is 2.81 bits per heavy atom. The van der Waals surface area contributed by atoms with E-state index < -0.39 is 0 Å². The molecule has 1 aliphatic heterocycles. The number of ether oxygens (including phenoxy) is 3. The van der Waals surface area contributed by atoms with Crippen molar-refractivity contribution in [3.05, 3.63) is 24.3 Å². The number of benzene rings is 1. The molecule has 1 atom stereocenters. The van der Waals surface area contributed by atoms with Crippen LogP contribution in [0.1, 0.15) is 12.8 Å². The first kappa shape index (κ1) is 16.0. The second kappa shape index (κ2) is 8.79. The second-order valence-electron chi connectivity index (χ2n) is 4.69. The van der Waals surface area contributed by atoms with Crippen LogP contribution in [0.4, 0.5) is 0 Å². The van der Waals surface area contributed by atoms with Crippen molar-refractivity contribution in [1.82, 2.24) is 0 Å². The SMILES string of the molecule is COc1ccc(OCCSC(N)=NC[C@H]2CCCO2)cc1. The minimum absolute atomic E-state index is 0.250. The number of rotatable bonds is 7. The summed E-state index contributed by atoms with van der Waals surface area (Å²) in [4.78, 5) is 4.33. The first-order valence-corrected chi connectivity index (χ1v) is 8.07. The largest absolute Gasteiger partial charge is 0.497 e. The fraction of sp³-hybridized carbons (Fsp3) is 0.533. The van der Waals surface area contributed by atoms with Crippen molar-refractivity contribution >= 4 is 16.9 Å². The Bertz CT molecular complexity index is 445. The standard InChI is InChI=1S/C15H22N2O3S/c1-18-12-4-6-13(7-5-12)20-9-10-21-15(16)17-11-14-3-2-8-19-14/h4-7,14H,2-3,8-11H2,1H3,(H2,16,17)/t14-/m1/s1. The van der Waals surface area contributed by atoms with Crippen LogP contribution >= 0.6 is 11.8 Å². The topological polar surface area (TPSA) is 66.1 Å². The highest BCUT2D eigenvalue weighted by Gasteiger charge is 2.14. The third-order valence-electron chi connectivity index (χ3n) is 3.14. The summed E-state index contributed by atoms with van der Waals surface area (Å²) in [5.41, 5.74) is 5.85. The molecule has 0 saturated carbocycles. The molecule has 2 N–H and O–H groups in total. The molecule has 1 aliphatic rings. The van der Waals surface area contributed by atoms with Crippen LogP contribution in [-0.2, 0) is 4.74 Å². The normalized spacial score (nSPS) is 18.7. The lowest BCUT2D eigenvalue weighted by atomic mass is 10.2. The Hall–Kier alpha value is -1.40. The van der Waals surface area contributed by atoms with E-state index in [1.165, 1.54) is 11.8 Å². The summed E-state index contributed by atoms with van der Waals surface area (Å²) in [5.74, 6) is 2.42. The first-order valence-electron chi connectivity index (χ1n) is 7.09. The van der Waals surface area contributed by atoms with Crippen molar-refractivity contribution in [3.63, 3.8) is 0 Å². The van der Waals surface area contributed by atoms with E-state index in [-0.39, 0.29) is 6.10 Å². The zero-order chi connectivity index (χ0) is 14.9. The van der Waals surface area contributed by atoms with Crippen LogP contribution in [0.15, 0.2) is 29.3 Å². The molecule has 1 saturated heterocycles. The molecule has 0 aromatic heterocycles. The molecule has 1 aromatic rings. The van der Waals surface area contributed by atoms with Gasteiger partial charge in [-0.3, -0.25) is 4.99 Å². The Kier molecular flexibility index (Phi) is 6.69. The lowest BCUT2D eigenvalue weighted by Gasteiger charge is -2.08. The summed E-state index contributed by atoms with van der Waals surface area (Å²) >= 11 is 1.51. The minimum Gasteiger partial charge on any atom is -0.497 e. The van der Waals surface area contributed by atoms with Gasteiger partial charge in [-0.2, -0.15) is 0 Å². The Balaban J connectivity index is 1.60. The summed E-state index contributed by atoms with van der Waals surface area (Å²) < 4.78 is 16.2. The number of hydrogen-bond donors (Lipinski definition) is 1. The van der Waals surface area contributed by atoms with E-state index in [0.29, 0.717) is 18.3 Å². The molecule has 2 rings (SSSR count). The van der Waals surface area contributed by atoms with Gasteiger partial charge in [-0.05, 0) is 37.1 Å². The van der Waals surface area contributed by atoms with Crippen LogP contribution in [-0.4, -0.2) is 43.9 Å². The van der Waals surface area contributed by atoms with E-state index in [1.807, 2.05) is 24.3 Å². The molecule has 1 aromatic carbocycles. The molecule has 21 heavy (non-hydrogen) atoms. The molecule has 0 bridgehead atoms. The van der Waals surface area contributed by atoms with E-state index in [2.05, 4.69) is 4.99 Å². The molecule has 6 heteroatoms. The molecule has 0 radical (unpaired) electrons. The van der Waals surface area contributed by atoms with Crippen LogP contribution in [0.3, 0.4) is 0 Å². The Labute approximate surface area is 129 Å². The zero-order valence-corrected chi connectivity index (χ0v) is 13.1. The number of nitrogens with two attached hydrogens (primary N) is 1. The predicted molar refractivity (Wildman–Crippen MR) is 86.4 cm³/mol. The molecule has 1 heterocycles. The van der Waals surface area contributed by atoms with Crippen LogP contribution in [0.5, 0.6) is 11.5 Å². The van der Waals surface area contributed by atoms with Crippen molar-refractivity contribution in [2.75, 3.05) is 32.6 Å². The van der Waals surface area contributed by atoms with Gasteiger partial charge in [-0.15, -0.1) is 0 Å². The molecule has 116 valence electrons. The average molecular weight is 310 g/mol. The van der Waals surface area contributed by atoms with Gasteiger partial charge in [0.2, 0.25) is 0 Å².